The quantitative estimate of drug-likeness (QED) is 0.140. The highest BCUT2D eigenvalue weighted by atomic mass is 16.4. The number of carbonyl (C=O) groups excluding carboxylic acids is 3. The molecule has 12 heteroatoms. The largest absolute Gasteiger partial charge is 0.481 e. The van der Waals surface area contributed by atoms with Gasteiger partial charge in [0.05, 0.1) is 6.04 Å². The SMILES string of the molecule is CC(C)C(N)C(=O)NC(Cc1c[nH]c2ccccc12)C(=O)NC(CCC(=O)O)C(=O)NC(Cc1ccccc1)C(=O)O. The van der Waals surface area contributed by atoms with Crippen LogP contribution in [0.5, 0.6) is 0 Å². The van der Waals surface area contributed by atoms with Gasteiger partial charge in [-0.3, -0.25) is 19.2 Å². The number of nitrogens with two attached hydrogens (primary N) is 1. The number of aromatic amines is 1. The molecule has 4 unspecified atom stereocenters. The van der Waals surface area contributed by atoms with Crippen LogP contribution in [0.3, 0.4) is 0 Å². The Kier molecular flexibility index (Phi) is 11.2. The summed E-state index contributed by atoms with van der Waals surface area (Å²) in [7, 11) is 0. The van der Waals surface area contributed by atoms with E-state index < -0.39 is 60.2 Å². The van der Waals surface area contributed by atoms with Crippen molar-refractivity contribution < 1.29 is 34.2 Å². The molecule has 0 aliphatic carbocycles. The van der Waals surface area contributed by atoms with E-state index in [0.717, 1.165) is 16.5 Å². The molecule has 2 aromatic carbocycles. The predicted molar refractivity (Wildman–Crippen MR) is 155 cm³/mol. The molecule has 224 valence electrons. The zero-order chi connectivity index (χ0) is 30.8. The van der Waals surface area contributed by atoms with Gasteiger partial charge in [0.25, 0.3) is 0 Å². The highest BCUT2D eigenvalue weighted by molar-refractivity contribution is 5.95. The van der Waals surface area contributed by atoms with Crippen LogP contribution in [-0.2, 0) is 36.8 Å². The lowest BCUT2D eigenvalue weighted by atomic mass is 10.0. The molecular formula is C30H37N5O7. The molecule has 0 saturated carbocycles. The number of carboxylic acids is 2. The van der Waals surface area contributed by atoms with E-state index in [9.17, 15) is 34.2 Å². The van der Waals surface area contributed by atoms with Crippen LogP contribution < -0.4 is 21.7 Å². The molecule has 8 N–H and O–H groups in total. The van der Waals surface area contributed by atoms with Crippen molar-refractivity contribution >= 4 is 40.6 Å². The van der Waals surface area contributed by atoms with Gasteiger partial charge in [-0.25, -0.2) is 4.79 Å². The van der Waals surface area contributed by atoms with E-state index in [1.807, 2.05) is 24.3 Å². The third kappa shape index (κ3) is 8.90. The maximum Gasteiger partial charge on any atom is 0.326 e. The average molecular weight is 580 g/mol. The number of carbonyl (C=O) groups is 5. The summed E-state index contributed by atoms with van der Waals surface area (Å²) in [5.74, 6) is -4.87. The molecule has 0 aliphatic heterocycles. The summed E-state index contributed by atoms with van der Waals surface area (Å²) in [6.45, 7) is 3.53. The zero-order valence-corrected chi connectivity index (χ0v) is 23.5. The molecule has 0 spiro atoms. The van der Waals surface area contributed by atoms with Crippen LogP contribution in [0.1, 0.15) is 37.8 Å². The van der Waals surface area contributed by atoms with Crippen molar-refractivity contribution in [2.45, 2.75) is 63.7 Å². The number of hydrogen-bond acceptors (Lipinski definition) is 6. The predicted octanol–water partition coefficient (Wildman–Crippen LogP) is 1.34. The summed E-state index contributed by atoms with van der Waals surface area (Å²) in [6, 6.07) is 11.3. The average Bonchev–Trinajstić information content (AvgIpc) is 3.36. The van der Waals surface area contributed by atoms with Crippen molar-refractivity contribution in [2.24, 2.45) is 11.7 Å². The van der Waals surface area contributed by atoms with Crippen LogP contribution in [0.25, 0.3) is 10.9 Å². The zero-order valence-electron chi connectivity index (χ0n) is 23.5. The van der Waals surface area contributed by atoms with Crippen LogP contribution in [0.15, 0.2) is 60.8 Å². The number of fused-ring (bicyclic) bond motifs is 1. The molecule has 3 amide bonds. The van der Waals surface area contributed by atoms with Crippen LogP contribution >= 0.6 is 0 Å². The van der Waals surface area contributed by atoms with Gasteiger partial charge < -0.3 is 36.9 Å². The van der Waals surface area contributed by atoms with Crippen LogP contribution in [0.2, 0.25) is 0 Å². The van der Waals surface area contributed by atoms with Gasteiger partial charge in [0.2, 0.25) is 17.7 Å². The number of rotatable bonds is 15. The van der Waals surface area contributed by atoms with E-state index in [-0.39, 0.29) is 25.2 Å². The Hall–Kier alpha value is -4.71. The van der Waals surface area contributed by atoms with Crippen molar-refractivity contribution in [1.29, 1.82) is 0 Å². The first kappa shape index (κ1) is 31.8. The number of benzene rings is 2. The number of H-pyrrole nitrogens is 1. The van der Waals surface area contributed by atoms with E-state index in [0.29, 0.717) is 5.56 Å². The summed E-state index contributed by atoms with van der Waals surface area (Å²) < 4.78 is 0. The highest BCUT2D eigenvalue weighted by Gasteiger charge is 2.31. The van der Waals surface area contributed by atoms with Crippen molar-refractivity contribution in [1.82, 2.24) is 20.9 Å². The summed E-state index contributed by atoms with van der Waals surface area (Å²) in [5.41, 5.74) is 8.23. The molecule has 0 fully saturated rings. The first-order chi connectivity index (χ1) is 20.0. The fourth-order valence-corrected chi connectivity index (χ4v) is 4.43. The molecule has 3 aromatic rings. The van der Waals surface area contributed by atoms with Gasteiger partial charge in [0.15, 0.2) is 0 Å². The third-order valence-electron chi connectivity index (χ3n) is 6.93. The number of aliphatic carboxylic acids is 2. The molecule has 12 nitrogen and oxygen atoms in total. The normalized spacial score (nSPS) is 14.0. The van der Waals surface area contributed by atoms with E-state index in [2.05, 4.69) is 20.9 Å². The minimum Gasteiger partial charge on any atom is -0.481 e. The lowest BCUT2D eigenvalue weighted by Crippen LogP contribution is -2.58. The van der Waals surface area contributed by atoms with Gasteiger partial charge in [-0.05, 0) is 29.5 Å². The summed E-state index contributed by atoms with van der Waals surface area (Å²) in [4.78, 5) is 66.1. The monoisotopic (exact) mass is 579 g/mol. The molecule has 42 heavy (non-hydrogen) atoms. The Balaban J connectivity index is 1.84. The van der Waals surface area contributed by atoms with E-state index in [1.165, 1.54) is 0 Å². The van der Waals surface area contributed by atoms with Crippen LogP contribution in [0, 0.1) is 5.92 Å². The molecule has 0 saturated heterocycles. The topological polar surface area (TPSA) is 204 Å². The molecular weight excluding hydrogens is 542 g/mol. The maximum absolute atomic E-state index is 13.6. The minimum absolute atomic E-state index is 0.0200. The Bertz CT molecular complexity index is 1410. The number of para-hydroxylation sites is 1. The van der Waals surface area contributed by atoms with E-state index in [4.69, 9.17) is 5.73 Å². The van der Waals surface area contributed by atoms with Crippen molar-refractivity contribution in [3.05, 3.63) is 71.9 Å². The van der Waals surface area contributed by atoms with Crippen LogP contribution in [0.4, 0.5) is 0 Å². The number of carboxylic acid groups (broad SMARTS) is 2. The van der Waals surface area contributed by atoms with Crippen molar-refractivity contribution in [3.63, 3.8) is 0 Å². The van der Waals surface area contributed by atoms with E-state index >= 15 is 0 Å². The molecule has 4 atom stereocenters. The van der Waals surface area contributed by atoms with Gasteiger partial charge in [-0.15, -0.1) is 0 Å². The highest BCUT2D eigenvalue weighted by Crippen LogP contribution is 2.19. The third-order valence-corrected chi connectivity index (χ3v) is 6.93. The second kappa shape index (κ2) is 14.8. The first-order valence-electron chi connectivity index (χ1n) is 13.7. The van der Waals surface area contributed by atoms with Gasteiger partial charge in [0, 0.05) is 36.4 Å². The molecule has 0 bridgehead atoms. The molecule has 3 rings (SSSR count). The smallest absolute Gasteiger partial charge is 0.326 e. The van der Waals surface area contributed by atoms with Crippen LogP contribution in [-0.4, -0.2) is 69.0 Å². The van der Waals surface area contributed by atoms with Gasteiger partial charge in [0.1, 0.15) is 18.1 Å². The number of aromatic nitrogens is 1. The molecule has 0 aliphatic rings. The Morgan fingerprint density at radius 2 is 1.38 bits per heavy atom. The molecule has 1 aromatic heterocycles. The van der Waals surface area contributed by atoms with Gasteiger partial charge in [-0.1, -0.05) is 62.4 Å². The maximum atomic E-state index is 13.6. The minimum atomic E-state index is -1.38. The molecule has 1 heterocycles. The van der Waals surface area contributed by atoms with E-state index in [1.54, 1.807) is 50.4 Å². The summed E-state index contributed by atoms with van der Waals surface area (Å²) >= 11 is 0. The number of hydrogen-bond donors (Lipinski definition) is 7. The number of amides is 3. The Morgan fingerprint density at radius 1 is 0.786 bits per heavy atom. The van der Waals surface area contributed by atoms with Gasteiger partial charge >= 0.3 is 11.9 Å². The van der Waals surface area contributed by atoms with Crippen molar-refractivity contribution in [2.75, 3.05) is 0 Å². The first-order valence-corrected chi connectivity index (χ1v) is 13.7. The lowest BCUT2D eigenvalue weighted by molar-refractivity contribution is -0.143. The fraction of sp³-hybridized carbons (Fsp3) is 0.367. The van der Waals surface area contributed by atoms with Crippen molar-refractivity contribution in [3.8, 4) is 0 Å². The summed E-state index contributed by atoms with van der Waals surface area (Å²) in [6.07, 6.45) is 0.977. The standard InChI is InChI=1S/C30H37N5O7/c1-17(2)26(31)29(40)34-23(15-19-16-32-21-11-7-6-10-20(19)21)28(39)33-22(12-13-25(36)37)27(38)35-24(30(41)42)14-18-8-4-3-5-9-18/h3-11,16-17,22-24,26,32H,12-15,31H2,1-2H3,(H,33,39)(H,34,40)(H,35,38)(H,36,37)(H,41,42). The lowest BCUT2D eigenvalue weighted by Gasteiger charge is -2.25. The Morgan fingerprint density at radius 3 is 2.02 bits per heavy atom. The number of nitrogens with one attached hydrogen (secondary N) is 4. The van der Waals surface area contributed by atoms with Gasteiger partial charge in [-0.2, -0.15) is 0 Å². The Labute approximate surface area is 243 Å². The fourth-order valence-electron chi connectivity index (χ4n) is 4.43. The second-order valence-electron chi connectivity index (χ2n) is 10.5. The second-order valence-corrected chi connectivity index (χ2v) is 10.5. The molecule has 0 radical (unpaired) electrons. The summed E-state index contributed by atoms with van der Waals surface area (Å²) in [5, 5.41) is 27.4.